The van der Waals surface area contributed by atoms with Crippen LogP contribution in [0.25, 0.3) is 0 Å². The summed E-state index contributed by atoms with van der Waals surface area (Å²) in [7, 11) is 1.69. The monoisotopic (exact) mass is 272 g/mol. The van der Waals surface area contributed by atoms with Crippen LogP contribution < -0.4 is 10.6 Å². The molecule has 0 aromatic carbocycles. The van der Waals surface area contributed by atoms with E-state index in [0.717, 1.165) is 25.7 Å². The number of rotatable bonds is 5. The van der Waals surface area contributed by atoms with Gasteiger partial charge in [0.2, 0.25) is 0 Å². The summed E-state index contributed by atoms with van der Waals surface area (Å²) >= 11 is 0. The van der Waals surface area contributed by atoms with E-state index in [1.54, 1.807) is 14.0 Å². The number of urea groups is 1. The van der Waals surface area contributed by atoms with E-state index in [9.17, 15) is 9.90 Å². The summed E-state index contributed by atoms with van der Waals surface area (Å²) in [6.07, 6.45) is 4.32. The molecule has 1 aliphatic carbocycles. The normalized spacial score (nSPS) is 26.8. The van der Waals surface area contributed by atoms with E-state index in [2.05, 4.69) is 10.6 Å². The van der Waals surface area contributed by atoms with Crippen LogP contribution in [0.4, 0.5) is 4.79 Å². The van der Waals surface area contributed by atoms with E-state index in [1.165, 1.54) is 0 Å². The van der Waals surface area contributed by atoms with Crippen molar-refractivity contribution < 1.29 is 14.6 Å². The molecule has 0 radical (unpaired) electrons. The number of hydrogen-bond donors (Lipinski definition) is 3. The maximum atomic E-state index is 11.9. The Balaban J connectivity index is 2.38. The zero-order chi connectivity index (χ0) is 14.5. The van der Waals surface area contributed by atoms with Crippen LogP contribution in [0, 0.1) is 5.92 Å². The number of nitrogens with one attached hydrogen (secondary N) is 2. The van der Waals surface area contributed by atoms with Crippen molar-refractivity contribution in [2.75, 3.05) is 13.7 Å². The van der Waals surface area contributed by atoms with Gasteiger partial charge >= 0.3 is 6.03 Å². The first-order valence-corrected chi connectivity index (χ1v) is 7.16. The summed E-state index contributed by atoms with van der Waals surface area (Å²) in [6.45, 7) is 5.85. The fourth-order valence-corrected chi connectivity index (χ4v) is 2.23. The first-order valence-electron chi connectivity index (χ1n) is 7.16. The molecule has 0 heterocycles. The van der Waals surface area contributed by atoms with Gasteiger partial charge in [0.25, 0.3) is 0 Å². The molecule has 2 amide bonds. The molecule has 5 nitrogen and oxygen atoms in total. The van der Waals surface area contributed by atoms with Crippen LogP contribution in [0.1, 0.15) is 46.5 Å². The van der Waals surface area contributed by atoms with Gasteiger partial charge in [-0.25, -0.2) is 4.79 Å². The Morgan fingerprint density at radius 3 is 2.63 bits per heavy atom. The number of hydrogen-bond acceptors (Lipinski definition) is 3. The number of carbonyl (C=O) groups excluding carboxylic acids is 1. The molecule has 0 spiro atoms. The molecule has 112 valence electrons. The van der Waals surface area contributed by atoms with Gasteiger partial charge in [0.15, 0.2) is 0 Å². The standard InChI is InChI=1S/C14H28N2O3/c1-10(2)14(3,18)9-15-13(17)16-11-7-5-6-8-12(11)19-4/h10-12,18H,5-9H2,1-4H3,(H2,15,16,17). The highest BCUT2D eigenvalue weighted by Gasteiger charge is 2.28. The lowest BCUT2D eigenvalue weighted by Crippen LogP contribution is -2.53. The lowest BCUT2D eigenvalue weighted by atomic mass is 9.92. The topological polar surface area (TPSA) is 70.6 Å². The number of amides is 2. The minimum Gasteiger partial charge on any atom is -0.388 e. The second-order valence-corrected chi connectivity index (χ2v) is 6.00. The van der Waals surface area contributed by atoms with Gasteiger partial charge in [-0.15, -0.1) is 0 Å². The predicted octanol–water partition coefficient (Wildman–Crippen LogP) is 1.65. The minimum absolute atomic E-state index is 0.0720. The Labute approximate surface area is 116 Å². The minimum atomic E-state index is -0.884. The molecule has 1 rings (SSSR count). The van der Waals surface area contributed by atoms with Crippen LogP contribution in [0.3, 0.4) is 0 Å². The van der Waals surface area contributed by atoms with E-state index in [-0.39, 0.29) is 30.6 Å². The molecular formula is C14H28N2O3. The molecular weight excluding hydrogens is 244 g/mol. The molecule has 1 aliphatic rings. The number of ether oxygens (including phenoxy) is 1. The average Bonchev–Trinajstić information content (AvgIpc) is 2.37. The molecule has 0 aromatic rings. The SMILES string of the molecule is COC1CCCCC1NC(=O)NCC(C)(O)C(C)C. The lowest BCUT2D eigenvalue weighted by molar-refractivity contribution is 0.0156. The predicted molar refractivity (Wildman–Crippen MR) is 75.0 cm³/mol. The van der Waals surface area contributed by atoms with Crippen molar-refractivity contribution in [1.29, 1.82) is 0 Å². The Hall–Kier alpha value is -0.810. The third kappa shape index (κ3) is 4.99. The average molecular weight is 272 g/mol. The molecule has 0 aliphatic heterocycles. The van der Waals surface area contributed by atoms with Crippen LogP contribution in [0.2, 0.25) is 0 Å². The van der Waals surface area contributed by atoms with Gasteiger partial charge in [-0.2, -0.15) is 0 Å². The smallest absolute Gasteiger partial charge is 0.315 e. The number of methoxy groups -OCH3 is 1. The fourth-order valence-electron chi connectivity index (χ4n) is 2.23. The van der Waals surface area contributed by atoms with E-state index in [1.807, 2.05) is 13.8 Å². The van der Waals surface area contributed by atoms with Crippen molar-refractivity contribution in [3.8, 4) is 0 Å². The Kier molecular flexibility index (Phi) is 6.07. The fraction of sp³-hybridized carbons (Fsp3) is 0.929. The Morgan fingerprint density at radius 1 is 1.42 bits per heavy atom. The molecule has 19 heavy (non-hydrogen) atoms. The highest BCUT2D eigenvalue weighted by molar-refractivity contribution is 5.74. The third-order valence-corrected chi connectivity index (χ3v) is 4.17. The van der Waals surface area contributed by atoms with Crippen LogP contribution in [0.5, 0.6) is 0 Å². The molecule has 0 saturated heterocycles. The van der Waals surface area contributed by atoms with Crippen molar-refractivity contribution in [1.82, 2.24) is 10.6 Å². The van der Waals surface area contributed by atoms with Gasteiger partial charge in [0.1, 0.15) is 0 Å². The lowest BCUT2D eigenvalue weighted by Gasteiger charge is -2.32. The molecule has 1 saturated carbocycles. The zero-order valence-corrected chi connectivity index (χ0v) is 12.5. The maximum absolute atomic E-state index is 11.9. The van der Waals surface area contributed by atoms with Crippen molar-refractivity contribution in [2.45, 2.75) is 64.2 Å². The van der Waals surface area contributed by atoms with Gasteiger partial charge in [0.05, 0.1) is 17.7 Å². The Morgan fingerprint density at radius 2 is 2.05 bits per heavy atom. The van der Waals surface area contributed by atoms with Crippen molar-refractivity contribution >= 4 is 6.03 Å². The highest BCUT2D eigenvalue weighted by atomic mass is 16.5. The van der Waals surface area contributed by atoms with Crippen molar-refractivity contribution in [2.24, 2.45) is 5.92 Å². The molecule has 3 atom stereocenters. The number of carbonyl (C=O) groups is 1. The van der Waals surface area contributed by atoms with Gasteiger partial charge in [-0.1, -0.05) is 26.7 Å². The summed E-state index contributed by atoms with van der Waals surface area (Å²) < 4.78 is 5.40. The zero-order valence-electron chi connectivity index (χ0n) is 12.5. The second-order valence-electron chi connectivity index (χ2n) is 6.00. The molecule has 1 fully saturated rings. The van der Waals surface area contributed by atoms with Crippen LogP contribution in [-0.4, -0.2) is 42.5 Å². The van der Waals surface area contributed by atoms with E-state index >= 15 is 0 Å². The van der Waals surface area contributed by atoms with E-state index in [4.69, 9.17) is 4.74 Å². The van der Waals surface area contributed by atoms with Crippen LogP contribution in [-0.2, 0) is 4.74 Å². The summed E-state index contributed by atoms with van der Waals surface area (Å²) in [6, 6.07) is -0.155. The van der Waals surface area contributed by atoms with E-state index < -0.39 is 5.60 Å². The summed E-state index contributed by atoms with van der Waals surface area (Å²) in [5, 5.41) is 15.8. The van der Waals surface area contributed by atoms with Crippen LogP contribution in [0.15, 0.2) is 0 Å². The quantitative estimate of drug-likeness (QED) is 0.712. The summed E-state index contributed by atoms with van der Waals surface area (Å²) in [5.41, 5.74) is -0.884. The maximum Gasteiger partial charge on any atom is 0.315 e. The molecule has 0 bridgehead atoms. The van der Waals surface area contributed by atoms with Crippen LogP contribution >= 0.6 is 0 Å². The largest absolute Gasteiger partial charge is 0.388 e. The van der Waals surface area contributed by atoms with Gasteiger partial charge < -0.3 is 20.5 Å². The molecule has 5 heteroatoms. The Bertz CT molecular complexity index is 292. The van der Waals surface area contributed by atoms with Gasteiger partial charge in [0, 0.05) is 13.7 Å². The second kappa shape index (κ2) is 7.10. The number of aliphatic hydroxyl groups is 1. The molecule has 3 N–H and O–H groups in total. The van der Waals surface area contributed by atoms with E-state index in [0.29, 0.717) is 0 Å². The summed E-state index contributed by atoms with van der Waals surface area (Å²) in [4.78, 5) is 11.9. The first kappa shape index (κ1) is 16.2. The molecule has 3 unspecified atom stereocenters. The first-order chi connectivity index (χ1) is 8.86. The van der Waals surface area contributed by atoms with Crippen molar-refractivity contribution in [3.05, 3.63) is 0 Å². The van der Waals surface area contributed by atoms with Gasteiger partial charge in [-0.05, 0) is 25.7 Å². The highest BCUT2D eigenvalue weighted by Crippen LogP contribution is 2.20. The summed E-state index contributed by atoms with van der Waals surface area (Å²) in [5.74, 6) is 0.0919. The van der Waals surface area contributed by atoms with Gasteiger partial charge in [-0.3, -0.25) is 0 Å². The molecule has 0 aromatic heterocycles. The third-order valence-electron chi connectivity index (χ3n) is 4.17. The van der Waals surface area contributed by atoms with Crippen molar-refractivity contribution in [3.63, 3.8) is 0 Å².